The highest BCUT2D eigenvalue weighted by Crippen LogP contribution is 2.22. The van der Waals surface area contributed by atoms with E-state index < -0.39 is 0 Å². The fourth-order valence-corrected chi connectivity index (χ4v) is 1.16. The first-order valence-electron chi connectivity index (χ1n) is 3.75. The maximum atomic E-state index is 11.3. The Morgan fingerprint density at radius 2 is 2.14 bits per heavy atom. The summed E-state index contributed by atoms with van der Waals surface area (Å²) in [5.41, 5.74) is 0.384. The van der Waals surface area contributed by atoms with Gasteiger partial charge in [-0.1, -0.05) is 23.2 Å². The van der Waals surface area contributed by atoms with E-state index in [0.717, 1.165) is 0 Å². The monoisotopic (exact) mass is 228 g/mol. The van der Waals surface area contributed by atoms with Crippen LogP contribution in [0.1, 0.15) is 10.4 Å². The number of carbonyl (C=O) groups excluding carboxylic acids is 1. The molecule has 0 saturated carbocycles. The summed E-state index contributed by atoms with van der Waals surface area (Å²) in [6, 6.07) is 6.33. The smallest absolute Gasteiger partial charge is 0.252 e. The molecule has 0 heterocycles. The first-order chi connectivity index (χ1) is 6.65. The van der Waals surface area contributed by atoms with Crippen molar-refractivity contribution in [1.29, 1.82) is 5.26 Å². The molecule has 0 aliphatic rings. The second-order valence-corrected chi connectivity index (χ2v) is 3.28. The van der Waals surface area contributed by atoms with Crippen molar-refractivity contribution < 1.29 is 4.79 Å². The normalized spacial score (nSPS) is 9.21. The van der Waals surface area contributed by atoms with E-state index in [1.54, 1.807) is 12.1 Å². The standard InChI is InChI=1S/C9H6Cl2N2O/c10-7-2-1-6(5-8(7)11)9(14)13-4-3-12/h1-2,5H,4H2,(H,13,14). The summed E-state index contributed by atoms with van der Waals surface area (Å²) in [6.45, 7) is -0.0287. The van der Waals surface area contributed by atoms with Crippen LogP contribution in [0, 0.1) is 11.3 Å². The van der Waals surface area contributed by atoms with Gasteiger partial charge in [-0.2, -0.15) is 5.26 Å². The van der Waals surface area contributed by atoms with Gasteiger partial charge in [-0.15, -0.1) is 0 Å². The SMILES string of the molecule is N#CCNC(=O)c1ccc(Cl)c(Cl)c1. The average Bonchev–Trinajstić information content (AvgIpc) is 2.18. The number of hydrogen-bond acceptors (Lipinski definition) is 2. The van der Waals surface area contributed by atoms with E-state index in [4.69, 9.17) is 28.5 Å². The molecule has 0 radical (unpaired) electrons. The lowest BCUT2D eigenvalue weighted by Gasteiger charge is -2.02. The second-order valence-electron chi connectivity index (χ2n) is 2.47. The fourth-order valence-electron chi connectivity index (χ4n) is 0.859. The zero-order valence-electron chi connectivity index (χ0n) is 7.05. The molecule has 1 amide bonds. The molecule has 1 aromatic rings. The van der Waals surface area contributed by atoms with Gasteiger partial charge in [-0.05, 0) is 18.2 Å². The van der Waals surface area contributed by atoms with Crippen molar-refractivity contribution in [3.63, 3.8) is 0 Å². The highest BCUT2D eigenvalue weighted by Gasteiger charge is 2.06. The van der Waals surface area contributed by atoms with E-state index >= 15 is 0 Å². The summed E-state index contributed by atoms with van der Waals surface area (Å²) in [5.74, 6) is -0.342. The van der Waals surface area contributed by atoms with Gasteiger partial charge < -0.3 is 5.32 Å². The summed E-state index contributed by atoms with van der Waals surface area (Å²) in [6.07, 6.45) is 0. The van der Waals surface area contributed by atoms with Crippen LogP contribution in [-0.2, 0) is 0 Å². The molecule has 0 unspecified atom stereocenters. The maximum absolute atomic E-state index is 11.3. The molecule has 14 heavy (non-hydrogen) atoms. The molecule has 1 N–H and O–H groups in total. The van der Waals surface area contributed by atoms with Gasteiger partial charge in [0.15, 0.2) is 0 Å². The first kappa shape index (κ1) is 10.8. The Kier molecular flexibility index (Phi) is 3.75. The highest BCUT2D eigenvalue weighted by atomic mass is 35.5. The van der Waals surface area contributed by atoms with Gasteiger partial charge >= 0.3 is 0 Å². The van der Waals surface area contributed by atoms with Crippen LogP contribution in [0.3, 0.4) is 0 Å². The molecule has 5 heteroatoms. The van der Waals surface area contributed by atoms with Crippen molar-refractivity contribution in [3.8, 4) is 6.07 Å². The predicted octanol–water partition coefficient (Wildman–Crippen LogP) is 2.25. The topological polar surface area (TPSA) is 52.9 Å². The molecule has 0 fully saturated rings. The van der Waals surface area contributed by atoms with Crippen LogP contribution in [-0.4, -0.2) is 12.5 Å². The first-order valence-corrected chi connectivity index (χ1v) is 4.51. The van der Waals surface area contributed by atoms with Crippen LogP contribution in [0.15, 0.2) is 18.2 Å². The molecule has 0 aliphatic heterocycles. The van der Waals surface area contributed by atoms with Crippen molar-refractivity contribution >= 4 is 29.1 Å². The third kappa shape index (κ3) is 2.63. The summed E-state index contributed by atoms with van der Waals surface area (Å²) in [5, 5.41) is 11.4. The lowest BCUT2D eigenvalue weighted by Crippen LogP contribution is -2.23. The van der Waals surface area contributed by atoms with Crippen molar-refractivity contribution in [2.45, 2.75) is 0 Å². The summed E-state index contributed by atoms with van der Waals surface area (Å²) < 4.78 is 0. The number of benzene rings is 1. The van der Waals surface area contributed by atoms with Gasteiger partial charge in [0.1, 0.15) is 6.54 Å². The maximum Gasteiger partial charge on any atom is 0.252 e. The lowest BCUT2D eigenvalue weighted by molar-refractivity contribution is 0.0958. The number of carbonyl (C=O) groups is 1. The second kappa shape index (κ2) is 4.85. The average molecular weight is 229 g/mol. The number of halogens is 2. The third-order valence-corrected chi connectivity index (χ3v) is 2.25. The molecule has 0 bridgehead atoms. The molecular formula is C9H6Cl2N2O. The molecule has 0 spiro atoms. The Labute approximate surface area is 91.2 Å². The van der Waals surface area contributed by atoms with Gasteiger partial charge in [0.2, 0.25) is 0 Å². The number of nitriles is 1. The Bertz CT molecular complexity index is 398. The largest absolute Gasteiger partial charge is 0.339 e. The minimum absolute atomic E-state index is 0.0287. The van der Waals surface area contributed by atoms with E-state index in [1.165, 1.54) is 12.1 Å². The van der Waals surface area contributed by atoms with Crippen LogP contribution in [0.2, 0.25) is 10.0 Å². The van der Waals surface area contributed by atoms with E-state index in [2.05, 4.69) is 5.32 Å². The van der Waals surface area contributed by atoms with E-state index in [1.807, 2.05) is 0 Å². The lowest BCUT2D eigenvalue weighted by atomic mass is 10.2. The number of rotatable bonds is 2. The third-order valence-electron chi connectivity index (χ3n) is 1.51. The Balaban J connectivity index is 2.82. The van der Waals surface area contributed by atoms with Gasteiger partial charge in [-0.25, -0.2) is 0 Å². The molecule has 72 valence electrons. The number of nitrogens with zero attached hydrogens (tertiary/aromatic N) is 1. The van der Waals surface area contributed by atoms with Gasteiger partial charge in [-0.3, -0.25) is 4.79 Å². The summed E-state index contributed by atoms with van der Waals surface area (Å²) in [4.78, 5) is 11.3. The van der Waals surface area contributed by atoms with Crippen molar-refractivity contribution in [3.05, 3.63) is 33.8 Å². The molecule has 0 aromatic heterocycles. The van der Waals surface area contributed by atoms with Crippen molar-refractivity contribution in [2.24, 2.45) is 0 Å². The molecule has 0 aliphatic carbocycles. The van der Waals surface area contributed by atoms with Gasteiger partial charge in [0, 0.05) is 5.56 Å². The zero-order chi connectivity index (χ0) is 10.6. The minimum atomic E-state index is -0.342. The Morgan fingerprint density at radius 1 is 1.43 bits per heavy atom. The summed E-state index contributed by atoms with van der Waals surface area (Å²) >= 11 is 11.4. The predicted molar refractivity (Wildman–Crippen MR) is 54.4 cm³/mol. The number of hydrogen-bond donors (Lipinski definition) is 1. The molecule has 0 saturated heterocycles. The minimum Gasteiger partial charge on any atom is -0.339 e. The fraction of sp³-hybridized carbons (Fsp3) is 0.111. The Morgan fingerprint density at radius 3 is 2.71 bits per heavy atom. The Hall–Kier alpha value is -1.24. The molecule has 1 rings (SSSR count). The number of amides is 1. The van der Waals surface area contributed by atoms with Crippen LogP contribution in [0.5, 0.6) is 0 Å². The van der Waals surface area contributed by atoms with Crippen LogP contribution < -0.4 is 5.32 Å². The van der Waals surface area contributed by atoms with Gasteiger partial charge in [0.25, 0.3) is 5.91 Å². The highest BCUT2D eigenvalue weighted by molar-refractivity contribution is 6.42. The quantitative estimate of drug-likeness (QED) is 0.790. The van der Waals surface area contributed by atoms with Gasteiger partial charge in [0.05, 0.1) is 16.1 Å². The summed E-state index contributed by atoms with van der Waals surface area (Å²) in [7, 11) is 0. The van der Waals surface area contributed by atoms with Crippen molar-refractivity contribution in [2.75, 3.05) is 6.54 Å². The van der Waals surface area contributed by atoms with Crippen molar-refractivity contribution in [1.82, 2.24) is 5.32 Å². The van der Waals surface area contributed by atoms with Crippen LogP contribution in [0.4, 0.5) is 0 Å². The van der Waals surface area contributed by atoms with E-state index in [9.17, 15) is 4.79 Å². The van der Waals surface area contributed by atoms with E-state index in [-0.39, 0.29) is 12.5 Å². The molecular weight excluding hydrogens is 223 g/mol. The van der Waals surface area contributed by atoms with Crippen LogP contribution in [0.25, 0.3) is 0 Å². The molecule has 1 aromatic carbocycles. The van der Waals surface area contributed by atoms with E-state index in [0.29, 0.717) is 15.6 Å². The molecule has 3 nitrogen and oxygen atoms in total. The molecule has 0 atom stereocenters. The van der Waals surface area contributed by atoms with Crippen LogP contribution >= 0.6 is 23.2 Å². The number of nitrogens with one attached hydrogen (secondary N) is 1. The zero-order valence-corrected chi connectivity index (χ0v) is 8.56.